The molecule has 0 saturated carbocycles. The van der Waals surface area contributed by atoms with Gasteiger partial charge in [-0.3, -0.25) is 0 Å². The number of hydrogen-bond donors (Lipinski definition) is 1. The fourth-order valence-corrected chi connectivity index (χ4v) is 3.90. The molecule has 100 valence electrons. The number of thiazole rings is 1. The Bertz CT molecular complexity index is 609. The van der Waals surface area contributed by atoms with Crippen LogP contribution in [-0.2, 0) is 0 Å². The summed E-state index contributed by atoms with van der Waals surface area (Å²) in [6.07, 6.45) is 2.04. The lowest BCUT2D eigenvalue weighted by Gasteiger charge is -2.21. The van der Waals surface area contributed by atoms with E-state index in [2.05, 4.69) is 20.1 Å². The summed E-state index contributed by atoms with van der Waals surface area (Å²) in [5, 5.41) is 21.4. The highest BCUT2D eigenvalue weighted by atomic mass is 32.1. The van der Waals surface area contributed by atoms with E-state index in [4.69, 9.17) is 5.11 Å². The molecule has 2 aromatic heterocycles. The molecule has 1 aliphatic rings. The number of carboxylic acid groups (broad SMARTS) is 1. The molecule has 6 nitrogen and oxygen atoms in total. The lowest BCUT2D eigenvalue weighted by atomic mass is 10.2. The minimum Gasteiger partial charge on any atom is -0.476 e. The molecule has 8 heteroatoms. The molecule has 3 rings (SSSR count). The van der Waals surface area contributed by atoms with Gasteiger partial charge in [-0.05, 0) is 19.8 Å². The Morgan fingerprint density at radius 1 is 1.53 bits per heavy atom. The molecule has 0 aromatic carbocycles. The van der Waals surface area contributed by atoms with Gasteiger partial charge in [-0.1, -0.05) is 11.3 Å². The maximum atomic E-state index is 10.9. The Labute approximate surface area is 117 Å². The molecule has 0 amide bonds. The van der Waals surface area contributed by atoms with E-state index in [1.165, 1.54) is 11.3 Å². The van der Waals surface area contributed by atoms with E-state index >= 15 is 0 Å². The summed E-state index contributed by atoms with van der Waals surface area (Å²) >= 11 is 2.96. The fourth-order valence-electron chi connectivity index (χ4n) is 2.19. The van der Waals surface area contributed by atoms with E-state index in [-0.39, 0.29) is 11.7 Å². The fraction of sp³-hybridized carbons (Fsp3) is 0.455. The quantitative estimate of drug-likeness (QED) is 0.936. The molecule has 3 heterocycles. The zero-order valence-corrected chi connectivity index (χ0v) is 11.9. The predicted molar refractivity (Wildman–Crippen MR) is 73.0 cm³/mol. The standard InChI is InChI=1S/C11H12N4O2S2/c1-6-13-14-11(19-6)15-4-2-3-8(15)9-12-7(5-18-9)10(16)17/h5,8H,2-4H2,1H3,(H,16,17). The third-order valence-corrected chi connectivity index (χ3v) is 4.86. The van der Waals surface area contributed by atoms with E-state index < -0.39 is 5.97 Å². The predicted octanol–water partition coefficient (Wildman–Crippen LogP) is 2.34. The van der Waals surface area contributed by atoms with Crippen molar-refractivity contribution < 1.29 is 9.90 Å². The first kappa shape index (κ1) is 12.5. The number of hydrogen-bond acceptors (Lipinski definition) is 7. The highest BCUT2D eigenvalue weighted by Gasteiger charge is 2.31. The molecule has 1 saturated heterocycles. The largest absolute Gasteiger partial charge is 0.476 e. The first-order valence-corrected chi connectivity index (χ1v) is 7.60. The van der Waals surface area contributed by atoms with Crippen LogP contribution in [0.5, 0.6) is 0 Å². The summed E-state index contributed by atoms with van der Waals surface area (Å²) in [6.45, 7) is 2.85. The lowest BCUT2D eigenvalue weighted by molar-refractivity contribution is 0.0691. The topological polar surface area (TPSA) is 79.2 Å². The van der Waals surface area contributed by atoms with Gasteiger partial charge < -0.3 is 10.0 Å². The molecule has 0 radical (unpaired) electrons. The number of carboxylic acids is 1. The summed E-state index contributed by atoms with van der Waals surface area (Å²) in [4.78, 5) is 17.3. The van der Waals surface area contributed by atoms with E-state index in [0.717, 1.165) is 34.5 Å². The molecule has 1 N–H and O–H groups in total. The van der Waals surface area contributed by atoms with Gasteiger partial charge in [-0.15, -0.1) is 21.5 Å². The molecule has 19 heavy (non-hydrogen) atoms. The van der Waals surface area contributed by atoms with Gasteiger partial charge in [0.25, 0.3) is 0 Å². The molecule has 1 unspecified atom stereocenters. The van der Waals surface area contributed by atoms with Crippen molar-refractivity contribution in [2.45, 2.75) is 25.8 Å². The second kappa shape index (κ2) is 4.86. The van der Waals surface area contributed by atoms with Crippen LogP contribution in [0.1, 0.15) is 39.4 Å². The Hall–Kier alpha value is -1.54. The van der Waals surface area contributed by atoms with Crippen LogP contribution in [0.15, 0.2) is 5.38 Å². The maximum absolute atomic E-state index is 10.9. The van der Waals surface area contributed by atoms with Crippen LogP contribution in [0, 0.1) is 6.92 Å². The van der Waals surface area contributed by atoms with Crippen molar-refractivity contribution in [3.63, 3.8) is 0 Å². The molecular weight excluding hydrogens is 284 g/mol. The van der Waals surface area contributed by atoms with Crippen molar-refractivity contribution >= 4 is 33.8 Å². The van der Waals surface area contributed by atoms with Crippen molar-refractivity contribution in [2.24, 2.45) is 0 Å². The normalized spacial score (nSPS) is 19.0. The monoisotopic (exact) mass is 296 g/mol. The second-order valence-corrected chi connectivity index (χ2v) is 6.38. The Morgan fingerprint density at radius 3 is 3.00 bits per heavy atom. The van der Waals surface area contributed by atoms with Crippen LogP contribution in [0.25, 0.3) is 0 Å². The summed E-state index contributed by atoms with van der Waals surface area (Å²) in [7, 11) is 0. The third kappa shape index (κ3) is 2.33. The highest BCUT2D eigenvalue weighted by molar-refractivity contribution is 7.15. The van der Waals surface area contributed by atoms with Crippen molar-refractivity contribution in [3.05, 3.63) is 21.1 Å². The molecule has 0 bridgehead atoms. The zero-order chi connectivity index (χ0) is 13.4. The first-order valence-electron chi connectivity index (χ1n) is 5.90. The Balaban J connectivity index is 1.88. The number of anilines is 1. The first-order chi connectivity index (χ1) is 9.15. The average molecular weight is 296 g/mol. The maximum Gasteiger partial charge on any atom is 0.355 e. The van der Waals surface area contributed by atoms with Gasteiger partial charge in [-0.25, -0.2) is 9.78 Å². The van der Waals surface area contributed by atoms with E-state index in [1.54, 1.807) is 16.7 Å². The van der Waals surface area contributed by atoms with Crippen LogP contribution < -0.4 is 4.90 Å². The van der Waals surface area contributed by atoms with Crippen LogP contribution in [-0.4, -0.2) is 32.8 Å². The molecule has 1 aliphatic heterocycles. The van der Waals surface area contributed by atoms with Crippen LogP contribution in [0.2, 0.25) is 0 Å². The SMILES string of the molecule is Cc1nnc(N2CCCC2c2nc(C(=O)O)cs2)s1. The Morgan fingerprint density at radius 2 is 2.37 bits per heavy atom. The van der Waals surface area contributed by atoms with E-state index in [0.29, 0.717) is 0 Å². The number of rotatable bonds is 3. The van der Waals surface area contributed by atoms with Crippen molar-refractivity contribution in [2.75, 3.05) is 11.4 Å². The van der Waals surface area contributed by atoms with Gasteiger partial charge in [0.1, 0.15) is 10.0 Å². The zero-order valence-electron chi connectivity index (χ0n) is 10.2. The highest BCUT2D eigenvalue weighted by Crippen LogP contribution is 2.38. The van der Waals surface area contributed by atoms with Crippen molar-refractivity contribution in [1.29, 1.82) is 0 Å². The van der Waals surface area contributed by atoms with E-state index in [9.17, 15) is 4.79 Å². The smallest absolute Gasteiger partial charge is 0.355 e. The van der Waals surface area contributed by atoms with Crippen molar-refractivity contribution in [3.8, 4) is 0 Å². The van der Waals surface area contributed by atoms with Crippen LogP contribution in [0.4, 0.5) is 5.13 Å². The number of carbonyl (C=O) groups is 1. The molecule has 1 fully saturated rings. The average Bonchev–Trinajstić information content (AvgIpc) is 3.07. The summed E-state index contributed by atoms with van der Waals surface area (Å²) < 4.78 is 0. The van der Waals surface area contributed by atoms with Crippen molar-refractivity contribution in [1.82, 2.24) is 15.2 Å². The second-order valence-electron chi connectivity index (χ2n) is 4.33. The van der Waals surface area contributed by atoms with Gasteiger partial charge in [0.05, 0.1) is 6.04 Å². The summed E-state index contributed by atoms with van der Waals surface area (Å²) in [5.41, 5.74) is 0.125. The minimum absolute atomic E-state index is 0.125. The van der Waals surface area contributed by atoms with E-state index in [1.807, 2.05) is 6.92 Å². The summed E-state index contributed by atoms with van der Waals surface area (Å²) in [5.74, 6) is -0.973. The molecule has 2 aromatic rings. The molecular formula is C11H12N4O2S2. The number of aromatic nitrogens is 3. The third-order valence-electron chi connectivity index (χ3n) is 3.04. The van der Waals surface area contributed by atoms with Gasteiger partial charge >= 0.3 is 5.97 Å². The van der Waals surface area contributed by atoms with Gasteiger partial charge in [0.2, 0.25) is 5.13 Å². The van der Waals surface area contributed by atoms with Gasteiger partial charge in [-0.2, -0.15) is 0 Å². The lowest BCUT2D eigenvalue weighted by Crippen LogP contribution is -2.22. The summed E-state index contributed by atoms with van der Waals surface area (Å²) in [6, 6.07) is 0.130. The number of aromatic carboxylic acids is 1. The van der Waals surface area contributed by atoms with Gasteiger partial charge in [0.15, 0.2) is 5.69 Å². The molecule has 0 spiro atoms. The van der Waals surface area contributed by atoms with Crippen LogP contribution >= 0.6 is 22.7 Å². The number of aryl methyl sites for hydroxylation is 1. The van der Waals surface area contributed by atoms with Gasteiger partial charge in [0, 0.05) is 11.9 Å². The minimum atomic E-state index is -0.973. The molecule has 0 aliphatic carbocycles. The molecule has 1 atom stereocenters. The Kier molecular flexibility index (Phi) is 3.19. The van der Waals surface area contributed by atoms with Crippen LogP contribution in [0.3, 0.4) is 0 Å². The number of nitrogens with zero attached hydrogens (tertiary/aromatic N) is 4.